The lowest BCUT2D eigenvalue weighted by atomic mass is 10.5. The van der Waals surface area contributed by atoms with Gasteiger partial charge in [0.2, 0.25) is 5.91 Å². The minimum atomic E-state index is 0.0757. The van der Waals surface area contributed by atoms with E-state index in [0.717, 1.165) is 7.40 Å². The number of hydrogen-bond donors (Lipinski definition) is 0. The molecule has 1 aromatic rings. The molecule has 0 radical (unpaired) electrons. The van der Waals surface area contributed by atoms with Crippen LogP contribution in [0.15, 0.2) is 6.33 Å². The molecule has 1 heterocycles. The molecule has 4 nitrogen and oxygen atoms in total. The van der Waals surface area contributed by atoms with E-state index in [1.165, 1.54) is 0 Å². The van der Waals surface area contributed by atoms with Crippen LogP contribution in [0.4, 0.5) is 0 Å². The van der Waals surface area contributed by atoms with Crippen LogP contribution in [0.25, 0.3) is 0 Å². The average Bonchev–Trinajstić information content (AvgIpc) is 2.36. The molecule has 0 fully saturated rings. The molecule has 72 valence electrons. The lowest BCUT2D eigenvalue weighted by Gasteiger charge is -2.10. The van der Waals surface area contributed by atoms with Gasteiger partial charge in [-0.15, -0.1) is 0 Å². The summed E-state index contributed by atoms with van der Waals surface area (Å²) in [4.78, 5) is 17.0. The second-order valence-corrected chi connectivity index (χ2v) is 4.79. The fourth-order valence-corrected chi connectivity index (χ4v) is 1.61. The number of nitrogens with zero attached hydrogens (tertiary/aromatic N) is 3. The van der Waals surface area contributed by atoms with Crippen molar-refractivity contribution in [2.75, 3.05) is 14.1 Å². The summed E-state index contributed by atoms with van der Waals surface area (Å²) in [5.41, 5.74) is 0. The molecule has 1 amide bonds. The van der Waals surface area contributed by atoms with Gasteiger partial charge in [0.25, 0.3) is 0 Å². The Kier molecular flexibility index (Phi) is 3.95. The minimum absolute atomic E-state index is 0.0757. The summed E-state index contributed by atoms with van der Waals surface area (Å²) in [5, 5.41) is 0. The van der Waals surface area contributed by atoms with E-state index < -0.39 is 0 Å². The van der Waals surface area contributed by atoms with Gasteiger partial charge in [-0.2, -0.15) is 0 Å². The van der Waals surface area contributed by atoms with Gasteiger partial charge in [0.05, 0.1) is 6.33 Å². The van der Waals surface area contributed by atoms with Crippen LogP contribution in [-0.2, 0) is 11.3 Å². The van der Waals surface area contributed by atoms with Crippen molar-refractivity contribution in [2.24, 2.45) is 0 Å². The Labute approximate surface area is 104 Å². The molecule has 0 saturated carbocycles. The van der Waals surface area contributed by atoms with Crippen LogP contribution in [-0.4, -0.2) is 34.5 Å². The van der Waals surface area contributed by atoms with Crippen LogP contribution in [0.5, 0.6) is 0 Å². The lowest BCUT2D eigenvalue weighted by Crippen LogP contribution is -2.26. The molecule has 0 N–H and O–H groups in total. The average molecular weight is 405 g/mol. The zero-order valence-electron chi connectivity index (χ0n) is 7.29. The van der Waals surface area contributed by atoms with E-state index >= 15 is 0 Å². The Morgan fingerprint density at radius 2 is 2.23 bits per heavy atom. The van der Waals surface area contributed by atoms with Gasteiger partial charge < -0.3 is 9.47 Å². The normalized spacial score (nSPS) is 10.2. The van der Waals surface area contributed by atoms with E-state index in [9.17, 15) is 4.79 Å². The molecule has 0 saturated heterocycles. The zero-order chi connectivity index (χ0) is 10.0. The lowest BCUT2D eigenvalue weighted by molar-refractivity contribution is -0.129. The Morgan fingerprint density at radius 1 is 1.62 bits per heavy atom. The van der Waals surface area contributed by atoms with Crippen LogP contribution in [0.3, 0.4) is 0 Å². The number of hydrogen-bond acceptors (Lipinski definition) is 2. The molecule has 0 atom stereocenters. The second-order valence-electron chi connectivity index (χ2n) is 2.74. The maximum atomic E-state index is 11.3. The molecule has 0 spiro atoms. The van der Waals surface area contributed by atoms with Crippen molar-refractivity contribution in [3.8, 4) is 0 Å². The molecule has 6 heteroatoms. The zero-order valence-corrected chi connectivity index (χ0v) is 11.6. The van der Waals surface area contributed by atoms with Gasteiger partial charge in [-0.3, -0.25) is 4.79 Å². The molecule has 0 unspecified atom stereocenters. The number of aromatic nitrogens is 2. The van der Waals surface area contributed by atoms with Gasteiger partial charge in [0.15, 0.2) is 0 Å². The molecule has 1 rings (SSSR count). The molecular weight excluding hydrogens is 396 g/mol. The smallest absolute Gasteiger partial charge is 0.242 e. The highest BCUT2D eigenvalue weighted by Crippen LogP contribution is 2.12. The molecule has 0 aliphatic rings. The van der Waals surface area contributed by atoms with E-state index in [-0.39, 0.29) is 5.91 Å². The quantitative estimate of drug-likeness (QED) is 0.694. The van der Waals surface area contributed by atoms with Crippen LogP contribution >= 0.6 is 45.2 Å². The molecule has 0 aromatic carbocycles. The molecule has 0 aliphatic heterocycles. The Hall–Kier alpha value is 0.140. The van der Waals surface area contributed by atoms with Gasteiger partial charge in [0.1, 0.15) is 13.9 Å². The third-order valence-corrected chi connectivity index (χ3v) is 4.49. The molecule has 0 aliphatic carbocycles. The molecule has 13 heavy (non-hydrogen) atoms. The van der Waals surface area contributed by atoms with Crippen LogP contribution < -0.4 is 0 Å². The van der Waals surface area contributed by atoms with Crippen molar-refractivity contribution < 1.29 is 4.79 Å². The van der Waals surface area contributed by atoms with Crippen molar-refractivity contribution in [2.45, 2.75) is 6.54 Å². The molecule has 1 aromatic heterocycles. The maximum absolute atomic E-state index is 11.3. The van der Waals surface area contributed by atoms with Crippen molar-refractivity contribution in [1.82, 2.24) is 14.5 Å². The van der Waals surface area contributed by atoms with Gasteiger partial charge in [0, 0.05) is 14.1 Å². The first-order valence-corrected chi connectivity index (χ1v) is 5.74. The van der Waals surface area contributed by atoms with Crippen molar-refractivity contribution in [1.29, 1.82) is 0 Å². The number of halogens is 2. The summed E-state index contributed by atoms with van der Waals surface area (Å²) in [6.45, 7) is 0.362. The Balaban J connectivity index is 2.75. The van der Waals surface area contributed by atoms with E-state index in [2.05, 4.69) is 50.2 Å². The van der Waals surface area contributed by atoms with Crippen LogP contribution in [0.1, 0.15) is 0 Å². The number of imidazole rings is 1. The largest absolute Gasteiger partial charge is 0.347 e. The summed E-state index contributed by atoms with van der Waals surface area (Å²) in [6, 6.07) is 0. The second kappa shape index (κ2) is 4.58. The Bertz CT molecular complexity index is 322. The summed E-state index contributed by atoms with van der Waals surface area (Å²) in [5.74, 6) is 0.0757. The SMILES string of the molecule is CN(C)C(=O)Cn1cnc(I)c1I. The highest BCUT2D eigenvalue weighted by molar-refractivity contribution is 14.1. The van der Waals surface area contributed by atoms with Crippen molar-refractivity contribution in [3.05, 3.63) is 13.7 Å². The van der Waals surface area contributed by atoms with E-state index in [0.29, 0.717) is 6.54 Å². The van der Waals surface area contributed by atoms with Crippen molar-refractivity contribution >= 4 is 51.1 Å². The van der Waals surface area contributed by atoms with E-state index in [4.69, 9.17) is 0 Å². The minimum Gasteiger partial charge on any atom is -0.347 e. The predicted molar refractivity (Wildman–Crippen MR) is 66.4 cm³/mol. The van der Waals surface area contributed by atoms with Crippen LogP contribution in [0.2, 0.25) is 0 Å². The highest BCUT2D eigenvalue weighted by Gasteiger charge is 2.09. The van der Waals surface area contributed by atoms with E-state index in [1.807, 2.05) is 4.57 Å². The first kappa shape index (κ1) is 11.2. The summed E-state index contributed by atoms with van der Waals surface area (Å²) in [7, 11) is 3.49. The van der Waals surface area contributed by atoms with Gasteiger partial charge in [-0.05, 0) is 45.2 Å². The Morgan fingerprint density at radius 3 is 2.62 bits per heavy atom. The third kappa shape index (κ3) is 2.79. The number of likely N-dealkylation sites (N-methyl/N-ethyl adjacent to an activating group) is 1. The number of amides is 1. The summed E-state index contributed by atoms with van der Waals surface area (Å²) >= 11 is 4.32. The summed E-state index contributed by atoms with van der Waals surface area (Å²) in [6.07, 6.45) is 1.69. The van der Waals surface area contributed by atoms with Crippen LogP contribution in [0, 0.1) is 7.40 Å². The number of carbonyl (C=O) groups excluding carboxylic acids is 1. The topological polar surface area (TPSA) is 38.1 Å². The predicted octanol–water partition coefficient (Wildman–Crippen LogP) is 1.18. The summed E-state index contributed by atoms with van der Waals surface area (Å²) < 4.78 is 3.78. The van der Waals surface area contributed by atoms with Gasteiger partial charge >= 0.3 is 0 Å². The number of carbonyl (C=O) groups is 1. The van der Waals surface area contributed by atoms with E-state index in [1.54, 1.807) is 25.3 Å². The number of rotatable bonds is 2. The third-order valence-electron chi connectivity index (χ3n) is 1.54. The monoisotopic (exact) mass is 405 g/mol. The standard InChI is InChI=1S/C7H9I2N3O/c1-11(2)5(13)3-12-4-10-6(8)7(12)9/h4H,3H2,1-2H3. The van der Waals surface area contributed by atoms with Crippen molar-refractivity contribution in [3.63, 3.8) is 0 Å². The maximum Gasteiger partial charge on any atom is 0.242 e. The van der Waals surface area contributed by atoms with Gasteiger partial charge in [-0.25, -0.2) is 4.98 Å². The van der Waals surface area contributed by atoms with Gasteiger partial charge in [-0.1, -0.05) is 0 Å². The fourth-order valence-electron chi connectivity index (χ4n) is 0.740. The fraction of sp³-hybridized carbons (Fsp3) is 0.429. The molecular formula is C7H9I2N3O. The molecule has 0 bridgehead atoms. The first-order valence-electron chi connectivity index (χ1n) is 3.58. The highest BCUT2D eigenvalue weighted by atomic mass is 127. The first-order chi connectivity index (χ1) is 6.02.